The molecule has 0 saturated carbocycles. The van der Waals surface area contributed by atoms with Crippen molar-refractivity contribution in [3.63, 3.8) is 0 Å². The highest BCUT2D eigenvalue weighted by atomic mass is 35.5. The number of hydrogen-bond donors (Lipinski definition) is 1. The maximum absolute atomic E-state index is 12.2. The Morgan fingerprint density at radius 3 is 2.38 bits per heavy atom. The molecule has 1 aromatic carbocycles. The zero-order valence-electron chi connectivity index (χ0n) is 12.2. The van der Waals surface area contributed by atoms with Gasteiger partial charge in [-0.2, -0.15) is 0 Å². The van der Waals surface area contributed by atoms with Crippen LogP contribution in [-0.4, -0.2) is 19.9 Å². The van der Waals surface area contributed by atoms with Crippen molar-refractivity contribution in [2.45, 2.75) is 38.5 Å². The standard InChI is InChI=1S/C13H19ClN2O4S/c1-4-10(5-2)8-15-21(19,20)11-6-12(14)9(3)13(7-11)16(17)18/h6-7,10,15H,4-5,8H2,1-3H3. The number of nitrogens with zero attached hydrogens (tertiary/aromatic N) is 1. The third-order valence-electron chi connectivity index (χ3n) is 3.51. The van der Waals surface area contributed by atoms with Crippen LogP contribution >= 0.6 is 11.6 Å². The molecule has 6 nitrogen and oxygen atoms in total. The van der Waals surface area contributed by atoms with Crippen LogP contribution in [0.15, 0.2) is 17.0 Å². The van der Waals surface area contributed by atoms with Crippen molar-refractivity contribution in [2.75, 3.05) is 6.54 Å². The first-order valence-electron chi connectivity index (χ1n) is 6.67. The van der Waals surface area contributed by atoms with Crippen molar-refractivity contribution < 1.29 is 13.3 Å². The predicted molar refractivity (Wildman–Crippen MR) is 82.1 cm³/mol. The molecule has 8 heteroatoms. The minimum Gasteiger partial charge on any atom is -0.258 e. The minimum atomic E-state index is -3.81. The Morgan fingerprint density at radius 1 is 1.33 bits per heavy atom. The number of rotatable bonds is 7. The lowest BCUT2D eigenvalue weighted by molar-refractivity contribution is -0.385. The number of benzene rings is 1. The first-order valence-corrected chi connectivity index (χ1v) is 8.53. The summed E-state index contributed by atoms with van der Waals surface area (Å²) in [6.45, 7) is 5.75. The average molecular weight is 335 g/mol. The Bertz CT molecular complexity index is 627. The number of sulfonamides is 1. The molecule has 0 amide bonds. The fourth-order valence-electron chi connectivity index (χ4n) is 1.87. The van der Waals surface area contributed by atoms with Crippen LogP contribution in [0.1, 0.15) is 32.3 Å². The fraction of sp³-hybridized carbons (Fsp3) is 0.538. The second-order valence-corrected chi connectivity index (χ2v) is 7.01. The molecule has 0 aliphatic carbocycles. The molecule has 0 aliphatic heterocycles. The summed E-state index contributed by atoms with van der Waals surface area (Å²) in [6.07, 6.45) is 1.71. The van der Waals surface area contributed by atoms with Crippen LogP contribution in [0.4, 0.5) is 5.69 Å². The molecular weight excluding hydrogens is 316 g/mol. The molecule has 0 atom stereocenters. The van der Waals surface area contributed by atoms with E-state index < -0.39 is 14.9 Å². The van der Waals surface area contributed by atoms with Gasteiger partial charge in [0.05, 0.1) is 14.8 Å². The zero-order chi connectivity index (χ0) is 16.2. The third kappa shape index (κ3) is 4.39. The van der Waals surface area contributed by atoms with E-state index in [0.717, 1.165) is 18.9 Å². The van der Waals surface area contributed by atoms with E-state index in [1.165, 1.54) is 13.0 Å². The highest BCUT2D eigenvalue weighted by Crippen LogP contribution is 2.29. The van der Waals surface area contributed by atoms with Crippen LogP contribution in [-0.2, 0) is 10.0 Å². The molecule has 1 N–H and O–H groups in total. The summed E-state index contributed by atoms with van der Waals surface area (Å²) < 4.78 is 26.9. The van der Waals surface area contributed by atoms with Crippen LogP contribution in [0.3, 0.4) is 0 Å². The number of nitrogens with one attached hydrogen (secondary N) is 1. The lowest BCUT2D eigenvalue weighted by atomic mass is 10.0. The number of nitro benzene ring substituents is 1. The van der Waals surface area contributed by atoms with E-state index in [9.17, 15) is 18.5 Å². The lowest BCUT2D eigenvalue weighted by Crippen LogP contribution is -2.29. The quantitative estimate of drug-likeness (QED) is 0.612. The number of halogens is 1. The second-order valence-electron chi connectivity index (χ2n) is 4.84. The molecule has 1 rings (SSSR count). The number of hydrogen-bond acceptors (Lipinski definition) is 4. The summed E-state index contributed by atoms with van der Waals surface area (Å²) in [5.41, 5.74) is -0.0500. The highest BCUT2D eigenvalue weighted by Gasteiger charge is 2.22. The lowest BCUT2D eigenvalue weighted by Gasteiger charge is -2.14. The molecule has 0 fully saturated rings. The van der Waals surface area contributed by atoms with Crippen molar-refractivity contribution >= 4 is 27.3 Å². The van der Waals surface area contributed by atoms with Gasteiger partial charge in [0.25, 0.3) is 5.69 Å². The van der Waals surface area contributed by atoms with Crippen molar-refractivity contribution in [1.82, 2.24) is 4.72 Å². The SMILES string of the molecule is CCC(CC)CNS(=O)(=O)c1cc(Cl)c(C)c([N+](=O)[O-])c1. The van der Waals surface area contributed by atoms with Gasteiger partial charge in [-0.25, -0.2) is 13.1 Å². The van der Waals surface area contributed by atoms with E-state index in [1.807, 2.05) is 13.8 Å². The van der Waals surface area contributed by atoms with E-state index in [-0.39, 0.29) is 27.1 Å². The van der Waals surface area contributed by atoms with Gasteiger partial charge in [-0.3, -0.25) is 10.1 Å². The first-order chi connectivity index (χ1) is 9.72. The molecule has 0 saturated heterocycles. The summed E-state index contributed by atoms with van der Waals surface area (Å²) in [4.78, 5) is 10.1. The Labute approximate surface area is 129 Å². The largest absolute Gasteiger partial charge is 0.275 e. The van der Waals surface area contributed by atoms with Gasteiger partial charge in [-0.05, 0) is 18.9 Å². The average Bonchev–Trinajstić information content (AvgIpc) is 2.42. The Kier molecular flexibility index (Phi) is 6.12. The first kappa shape index (κ1) is 17.9. The molecule has 0 aliphatic rings. The fourth-order valence-corrected chi connectivity index (χ4v) is 3.31. The third-order valence-corrected chi connectivity index (χ3v) is 5.31. The Hall–Kier alpha value is -1.18. The van der Waals surface area contributed by atoms with Crippen molar-refractivity contribution in [1.29, 1.82) is 0 Å². The molecule has 0 unspecified atom stereocenters. The summed E-state index contributed by atoms with van der Waals surface area (Å²) in [6, 6.07) is 2.27. The summed E-state index contributed by atoms with van der Waals surface area (Å²) >= 11 is 5.89. The van der Waals surface area contributed by atoms with E-state index in [4.69, 9.17) is 11.6 Å². The Morgan fingerprint density at radius 2 is 1.90 bits per heavy atom. The van der Waals surface area contributed by atoms with E-state index in [1.54, 1.807) is 0 Å². The molecule has 0 radical (unpaired) electrons. The minimum absolute atomic E-state index is 0.0621. The highest BCUT2D eigenvalue weighted by molar-refractivity contribution is 7.89. The van der Waals surface area contributed by atoms with Gasteiger partial charge in [0, 0.05) is 18.2 Å². The number of nitro groups is 1. The van der Waals surface area contributed by atoms with Crippen LogP contribution in [0.2, 0.25) is 5.02 Å². The summed E-state index contributed by atoms with van der Waals surface area (Å²) in [7, 11) is -3.81. The van der Waals surface area contributed by atoms with Gasteiger partial charge in [-0.15, -0.1) is 0 Å². The van der Waals surface area contributed by atoms with Crippen LogP contribution in [0, 0.1) is 23.0 Å². The molecule has 0 spiro atoms. The van der Waals surface area contributed by atoms with Gasteiger partial charge in [0.1, 0.15) is 0 Å². The normalized spacial score (nSPS) is 11.9. The topological polar surface area (TPSA) is 89.3 Å². The van der Waals surface area contributed by atoms with E-state index >= 15 is 0 Å². The van der Waals surface area contributed by atoms with Gasteiger partial charge >= 0.3 is 0 Å². The molecule has 0 heterocycles. The molecule has 118 valence electrons. The molecule has 1 aromatic rings. The summed E-state index contributed by atoms with van der Waals surface area (Å²) in [5, 5.41) is 11.0. The predicted octanol–water partition coefficient (Wildman–Crippen LogP) is 3.27. The monoisotopic (exact) mass is 334 g/mol. The van der Waals surface area contributed by atoms with E-state index in [2.05, 4.69) is 4.72 Å². The molecule has 0 aromatic heterocycles. The van der Waals surface area contributed by atoms with Gasteiger partial charge in [0.2, 0.25) is 10.0 Å². The Balaban J connectivity index is 3.12. The van der Waals surface area contributed by atoms with Gasteiger partial charge in [-0.1, -0.05) is 38.3 Å². The molecule has 21 heavy (non-hydrogen) atoms. The zero-order valence-corrected chi connectivity index (χ0v) is 13.8. The molecule has 0 bridgehead atoms. The van der Waals surface area contributed by atoms with Gasteiger partial charge in [0.15, 0.2) is 0 Å². The van der Waals surface area contributed by atoms with Crippen LogP contribution < -0.4 is 4.72 Å². The maximum Gasteiger partial charge on any atom is 0.275 e. The van der Waals surface area contributed by atoms with Crippen molar-refractivity contribution in [3.05, 3.63) is 32.8 Å². The molecular formula is C13H19ClN2O4S. The second kappa shape index (κ2) is 7.20. The maximum atomic E-state index is 12.2. The van der Waals surface area contributed by atoms with Crippen molar-refractivity contribution in [2.24, 2.45) is 5.92 Å². The van der Waals surface area contributed by atoms with Crippen molar-refractivity contribution in [3.8, 4) is 0 Å². The van der Waals surface area contributed by atoms with E-state index in [0.29, 0.717) is 6.54 Å². The van der Waals surface area contributed by atoms with Gasteiger partial charge < -0.3 is 0 Å². The summed E-state index contributed by atoms with van der Waals surface area (Å²) in [5.74, 6) is 0.232. The smallest absolute Gasteiger partial charge is 0.258 e. The van der Waals surface area contributed by atoms with Crippen LogP contribution in [0.25, 0.3) is 0 Å². The van der Waals surface area contributed by atoms with Crippen LogP contribution in [0.5, 0.6) is 0 Å².